The van der Waals surface area contributed by atoms with Gasteiger partial charge in [0.05, 0.1) is 11.3 Å². The molecule has 6 aromatic rings. The first kappa shape index (κ1) is 23.8. The summed E-state index contributed by atoms with van der Waals surface area (Å²) in [6, 6.07) is 52.4. The number of aromatic nitrogens is 1. The van der Waals surface area contributed by atoms with Gasteiger partial charge in [0.15, 0.2) is 8.07 Å². The van der Waals surface area contributed by atoms with Gasteiger partial charge in [-0.2, -0.15) is 5.26 Å². The van der Waals surface area contributed by atoms with E-state index in [1.54, 1.807) is 6.20 Å². The molecule has 5 aromatic carbocycles. The lowest BCUT2D eigenvalue weighted by molar-refractivity contribution is 1.27. The van der Waals surface area contributed by atoms with Crippen molar-refractivity contribution < 1.29 is 0 Å². The van der Waals surface area contributed by atoms with E-state index in [0.29, 0.717) is 5.56 Å². The highest BCUT2D eigenvalue weighted by Crippen LogP contribution is 2.42. The van der Waals surface area contributed by atoms with Crippen molar-refractivity contribution in [1.82, 2.24) is 4.98 Å². The molecule has 3 nitrogen and oxygen atoms in total. The fourth-order valence-corrected chi connectivity index (χ4v) is 11.3. The molecule has 1 aliphatic rings. The number of nitrogens with zero attached hydrogens (tertiary/aromatic N) is 3. The molecule has 0 atom stereocenters. The van der Waals surface area contributed by atoms with Crippen LogP contribution in [0.15, 0.2) is 152 Å². The molecule has 0 N–H and O–H groups in total. The van der Waals surface area contributed by atoms with Crippen LogP contribution in [0.4, 0.5) is 17.1 Å². The van der Waals surface area contributed by atoms with Crippen molar-refractivity contribution in [3.8, 4) is 17.2 Å². The number of nitriles is 1. The summed E-state index contributed by atoms with van der Waals surface area (Å²) in [5, 5.41) is 15.0. The van der Waals surface area contributed by atoms with E-state index in [1.807, 2.05) is 18.3 Å². The fourth-order valence-electron chi connectivity index (χ4n) is 6.23. The number of anilines is 3. The van der Waals surface area contributed by atoms with Gasteiger partial charge in [-0.25, -0.2) is 0 Å². The molecule has 1 aromatic heterocycles. The molecular weight excluding hydrogens is 503 g/mol. The standard InChI is InChI=1S/C36H25N3Si/c37-24-27-23-28(26-38-25-27)31-17-7-8-18-32(31)39-33-19-9-11-21-35(33)40(29-13-3-1-4-14-29,30-15-5-2-6-16-30)36-22-12-10-20-34(36)39/h1-23,25-26H. The van der Waals surface area contributed by atoms with E-state index in [0.717, 1.165) is 16.8 Å². The summed E-state index contributed by atoms with van der Waals surface area (Å²) in [6.45, 7) is 0. The Morgan fingerprint density at radius 2 is 1.05 bits per heavy atom. The number of benzene rings is 5. The second-order valence-electron chi connectivity index (χ2n) is 9.94. The maximum absolute atomic E-state index is 9.57. The van der Waals surface area contributed by atoms with E-state index >= 15 is 0 Å². The third-order valence-electron chi connectivity index (χ3n) is 7.83. The Morgan fingerprint density at radius 3 is 1.62 bits per heavy atom. The predicted molar refractivity (Wildman–Crippen MR) is 166 cm³/mol. The molecule has 0 saturated carbocycles. The highest BCUT2D eigenvalue weighted by Gasteiger charge is 2.48. The van der Waals surface area contributed by atoms with Crippen LogP contribution in [0.5, 0.6) is 0 Å². The van der Waals surface area contributed by atoms with Crippen LogP contribution in [0.1, 0.15) is 5.56 Å². The van der Waals surface area contributed by atoms with E-state index in [1.165, 1.54) is 32.1 Å². The van der Waals surface area contributed by atoms with Crippen LogP contribution in [-0.4, -0.2) is 13.1 Å². The second-order valence-corrected chi connectivity index (χ2v) is 13.7. The average Bonchev–Trinajstić information content (AvgIpc) is 3.04. The Labute approximate surface area is 235 Å². The van der Waals surface area contributed by atoms with Gasteiger partial charge in [0.1, 0.15) is 6.07 Å². The number of para-hydroxylation sites is 3. The van der Waals surface area contributed by atoms with Crippen LogP contribution in [0.3, 0.4) is 0 Å². The molecule has 0 aliphatic carbocycles. The van der Waals surface area contributed by atoms with Crippen molar-refractivity contribution in [1.29, 1.82) is 5.26 Å². The zero-order chi connectivity index (χ0) is 26.9. The summed E-state index contributed by atoms with van der Waals surface area (Å²) in [6.07, 6.45) is 3.45. The van der Waals surface area contributed by atoms with Crippen LogP contribution < -0.4 is 25.6 Å². The molecule has 0 unspecified atom stereocenters. The van der Waals surface area contributed by atoms with Gasteiger partial charge in [-0.1, -0.05) is 115 Å². The molecule has 188 valence electrons. The predicted octanol–water partition coefficient (Wildman–Crippen LogP) is 5.78. The Morgan fingerprint density at radius 1 is 0.550 bits per heavy atom. The highest BCUT2D eigenvalue weighted by molar-refractivity contribution is 7.21. The van der Waals surface area contributed by atoms with Crippen LogP contribution in [0.2, 0.25) is 0 Å². The van der Waals surface area contributed by atoms with Gasteiger partial charge in [-0.3, -0.25) is 4.98 Å². The molecule has 7 rings (SSSR count). The first-order valence-electron chi connectivity index (χ1n) is 13.4. The molecular formula is C36H25N3Si. The largest absolute Gasteiger partial charge is 0.310 e. The van der Waals surface area contributed by atoms with E-state index in [9.17, 15) is 5.26 Å². The van der Waals surface area contributed by atoms with Crippen molar-refractivity contribution in [2.24, 2.45) is 0 Å². The maximum atomic E-state index is 9.57. The molecule has 2 heterocycles. The normalized spacial score (nSPS) is 13.1. The van der Waals surface area contributed by atoms with Gasteiger partial charge >= 0.3 is 0 Å². The smallest absolute Gasteiger partial charge is 0.184 e. The minimum Gasteiger partial charge on any atom is -0.310 e. The average molecular weight is 528 g/mol. The van der Waals surface area contributed by atoms with Crippen molar-refractivity contribution >= 4 is 45.9 Å². The van der Waals surface area contributed by atoms with Crippen molar-refractivity contribution in [2.75, 3.05) is 4.90 Å². The third kappa shape index (κ3) is 3.60. The van der Waals surface area contributed by atoms with Gasteiger partial charge in [0, 0.05) is 34.9 Å². The van der Waals surface area contributed by atoms with E-state index in [4.69, 9.17) is 0 Å². The topological polar surface area (TPSA) is 39.9 Å². The lowest BCUT2D eigenvalue weighted by atomic mass is 10.0. The zero-order valence-corrected chi connectivity index (χ0v) is 22.8. The number of fused-ring (bicyclic) bond motifs is 2. The van der Waals surface area contributed by atoms with Crippen molar-refractivity contribution in [2.45, 2.75) is 0 Å². The number of hydrogen-bond acceptors (Lipinski definition) is 3. The second kappa shape index (κ2) is 9.81. The highest BCUT2D eigenvalue weighted by atomic mass is 28.3. The molecule has 0 fully saturated rings. The third-order valence-corrected chi connectivity index (χ3v) is 12.7. The molecule has 0 spiro atoms. The van der Waals surface area contributed by atoms with Crippen LogP contribution in [0, 0.1) is 11.3 Å². The molecule has 0 amide bonds. The Balaban J connectivity index is 1.58. The van der Waals surface area contributed by atoms with Crippen molar-refractivity contribution in [3.05, 3.63) is 157 Å². The molecule has 0 radical (unpaired) electrons. The molecule has 0 saturated heterocycles. The lowest BCUT2D eigenvalue weighted by Crippen LogP contribution is -2.77. The molecule has 0 bridgehead atoms. The number of rotatable bonds is 4. The van der Waals surface area contributed by atoms with Gasteiger partial charge < -0.3 is 4.90 Å². The molecule has 4 heteroatoms. The number of hydrogen-bond donors (Lipinski definition) is 0. The Bertz CT molecular complexity index is 1790. The van der Waals surface area contributed by atoms with Gasteiger partial charge in [-0.15, -0.1) is 0 Å². The monoisotopic (exact) mass is 527 g/mol. The minimum atomic E-state index is -2.66. The Kier molecular flexibility index (Phi) is 5.85. The fraction of sp³-hybridized carbons (Fsp3) is 0. The van der Waals surface area contributed by atoms with Crippen LogP contribution in [0.25, 0.3) is 11.1 Å². The molecule has 40 heavy (non-hydrogen) atoms. The summed E-state index contributed by atoms with van der Waals surface area (Å²) in [5.41, 5.74) is 5.92. The summed E-state index contributed by atoms with van der Waals surface area (Å²) < 4.78 is 0. The summed E-state index contributed by atoms with van der Waals surface area (Å²) in [5.74, 6) is 0. The Hall–Kier alpha value is -5.24. The summed E-state index contributed by atoms with van der Waals surface area (Å²) >= 11 is 0. The number of pyridine rings is 1. The van der Waals surface area contributed by atoms with Crippen LogP contribution in [-0.2, 0) is 0 Å². The van der Waals surface area contributed by atoms with E-state index < -0.39 is 8.07 Å². The quantitative estimate of drug-likeness (QED) is 0.273. The molecule has 1 aliphatic heterocycles. The minimum absolute atomic E-state index is 0.548. The lowest BCUT2D eigenvalue weighted by Gasteiger charge is -2.45. The summed E-state index contributed by atoms with van der Waals surface area (Å²) in [7, 11) is -2.66. The van der Waals surface area contributed by atoms with Gasteiger partial charge in [0.2, 0.25) is 0 Å². The first-order chi connectivity index (χ1) is 19.8. The van der Waals surface area contributed by atoms with Crippen molar-refractivity contribution in [3.63, 3.8) is 0 Å². The van der Waals surface area contributed by atoms with Gasteiger partial charge in [0.25, 0.3) is 0 Å². The van der Waals surface area contributed by atoms with E-state index in [2.05, 4.69) is 143 Å². The maximum Gasteiger partial charge on any atom is 0.184 e. The van der Waals surface area contributed by atoms with Crippen LogP contribution >= 0.6 is 0 Å². The summed E-state index contributed by atoms with van der Waals surface area (Å²) in [4.78, 5) is 6.77. The van der Waals surface area contributed by atoms with E-state index in [-0.39, 0.29) is 0 Å². The zero-order valence-electron chi connectivity index (χ0n) is 21.8. The SMILES string of the molecule is N#Cc1cncc(-c2ccccc2N2c3ccccc3[Si](c3ccccc3)(c3ccccc3)c3ccccc32)c1. The van der Waals surface area contributed by atoms with Gasteiger partial charge in [-0.05, 0) is 45.0 Å². The first-order valence-corrected chi connectivity index (χ1v) is 15.4.